The van der Waals surface area contributed by atoms with E-state index in [1.54, 1.807) is 35.7 Å². The number of nitrogens with one attached hydrogen (secondary N) is 1. The van der Waals surface area contributed by atoms with Crippen LogP contribution in [0.5, 0.6) is 5.75 Å². The highest BCUT2D eigenvalue weighted by Gasteiger charge is 2.25. The summed E-state index contributed by atoms with van der Waals surface area (Å²) in [6.45, 7) is 9.42. The molecule has 2 aromatic rings. The molecule has 174 valence electrons. The van der Waals surface area contributed by atoms with Crippen LogP contribution in [0.4, 0.5) is 0 Å². The van der Waals surface area contributed by atoms with E-state index < -0.39 is 10.0 Å². The molecule has 0 radical (unpaired) electrons. The predicted molar refractivity (Wildman–Crippen MR) is 128 cm³/mol. The monoisotopic (exact) mass is 458 g/mol. The molecule has 0 spiro atoms. The molecule has 0 saturated carbocycles. The van der Waals surface area contributed by atoms with Gasteiger partial charge in [-0.15, -0.1) is 0 Å². The second-order valence-corrected chi connectivity index (χ2v) is 10.8. The smallest absolute Gasteiger partial charge is 0.251 e. The van der Waals surface area contributed by atoms with Crippen molar-refractivity contribution in [3.8, 4) is 5.75 Å². The number of rotatable bonds is 8. The lowest BCUT2D eigenvalue weighted by Crippen LogP contribution is -2.29. The second kappa shape index (κ2) is 10.0. The number of carbonyl (C=O) groups is 1. The summed E-state index contributed by atoms with van der Waals surface area (Å²) in [4.78, 5) is 12.8. The molecule has 1 N–H and O–H groups in total. The van der Waals surface area contributed by atoms with Crippen LogP contribution in [-0.4, -0.2) is 38.8 Å². The summed E-state index contributed by atoms with van der Waals surface area (Å²) in [7, 11) is -1.63. The molecule has 1 amide bonds. The Kier molecular flexibility index (Phi) is 7.62. The maximum absolute atomic E-state index is 12.8. The number of benzene rings is 2. The molecule has 7 heteroatoms. The quantitative estimate of drug-likeness (QED) is 0.630. The minimum Gasteiger partial charge on any atom is -0.496 e. The van der Waals surface area contributed by atoms with Gasteiger partial charge in [0.05, 0.1) is 18.9 Å². The van der Waals surface area contributed by atoms with Gasteiger partial charge in [-0.1, -0.05) is 26.0 Å². The van der Waals surface area contributed by atoms with E-state index >= 15 is 0 Å². The van der Waals surface area contributed by atoms with Crippen LogP contribution in [0.1, 0.15) is 78.2 Å². The lowest BCUT2D eigenvalue weighted by Gasteiger charge is -2.21. The first-order chi connectivity index (χ1) is 15.1. The molecular weight excluding hydrogens is 424 g/mol. The first-order valence-electron chi connectivity index (χ1n) is 11.2. The fraction of sp³-hybridized carbons (Fsp3) is 0.480. The molecule has 1 fully saturated rings. The van der Waals surface area contributed by atoms with Crippen LogP contribution in [0.25, 0.3) is 0 Å². The number of hydrogen-bond acceptors (Lipinski definition) is 4. The van der Waals surface area contributed by atoms with Crippen LogP contribution >= 0.6 is 0 Å². The Morgan fingerprint density at radius 3 is 2.25 bits per heavy atom. The van der Waals surface area contributed by atoms with E-state index in [9.17, 15) is 13.2 Å². The number of sulfonamides is 1. The van der Waals surface area contributed by atoms with Gasteiger partial charge in [0.15, 0.2) is 0 Å². The van der Waals surface area contributed by atoms with Gasteiger partial charge in [-0.2, -0.15) is 0 Å². The summed E-state index contributed by atoms with van der Waals surface area (Å²) >= 11 is 0. The van der Waals surface area contributed by atoms with Crippen LogP contribution in [-0.2, 0) is 15.8 Å². The molecule has 0 aliphatic carbocycles. The average molecular weight is 459 g/mol. The normalized spacial score (nSPS) is 15.7. The van der Waals surface area contributed by atoms with Gasteiger partial charge < -0.3 is 10.1 Å². The summed E-state index contributed by atoms with van der Waals surface area (Å²) < 4.78 is 32.1. The summed E-state index contributed by atoms with van der Waals surface area (Å²) in [5.41, 5.74) is 4.42. The molecule has 32 heavy (non-hydrogen) atoms. The molecule has 1 heterocycles. The van der Waals surface area contributed by atoms with E-state index in [-0.39, 0.29) is 17.7 Å². The van der Waals surface area contributed by atoms with E-state index in [1.807, 2.05) is 19.9 Å². The summed E-state index contributed by atoms with van der Waals surface area (Å²) in [6, 6.07) is 10.8. The number of carbonyl (C=O) groups excluding carboxylic acids is 1. The fourth-order valence-corrected chi connectivity index (χ4v) is 5.80. The zero-order valence-corrected chi connectivity index (χ0v) is 20.5. The number of ether oxygens (including phenoxy) is 1. The highest BCUT2D eigenvalue weighted by molar-refractivity contribution is 7.88. The molecule has 1 aliphatic heterocycles. The van der Waals surface area contributed by atoms with Crippen LogP contribution in [0.2, 0.25) is 0 Å². The molecular formula is C25H34N2O4S. The highest BCUT2D eigenvalue weighted by Crippen LogP contribution is 2.32. The first-order valence-corrected chi connectivity index (χ1v) is 12.8. The van der Waals surface area contributed by atoms with E-state index in [1.165, 1.54) is 0 Å². The van der Waals surface area contributed by atoms with Gasteiger partial charge in [0, 0.05) is 18.7 Å². The van der Waals surface area contributed by atoms with E-state index in [4.69, 9.17) is 4.74 Å². The lowest BCUT2D eigenvalue weighted by molar-refractivity contribution is 0.0940. The van der Waals surface area contributed by atoms with Crippen LogP contribution in [0.15, 0.2) is 36.4 Å². The molecule has 1 unspecified atom stereocenters. The second-order valence-electron chi connectivity index (χ2n) is 8.86. The Morgan fingerprint density at radius 2 is 1.69 bits per heavy atom. The van der Waals surface area contributed by atoms with Crippen molar-refractivity contribution < 1.29 is 17.9 Å². The van der Waals surface area contributed by atoms with Crippen molar-refractivity contribution in [3.05, 3.63) is 64.2 Å². The van der Waals surface area contributed by atoms with Crippen molar-refractivity contribution in [2.24, 2.45) is 0 Å². The summed E-state index contributed by atoms with van der Waals surface area (Å²) in [6.07, 6.45) is 1.84. The fourth-order valence-electron chi connectivity index (χ4n) is 4.19. The van der Waals surface area contributed by atoms with Crippen molar-refractivity contribution in [1.29, 1.82) is 0 Å². The van der Waals surface area contributed by atoms with Gasteiger partial charge in [0.25, 0.3) is 5.91 Å². The van der Waals surface area contributed by atoms with Gasteiger partial charge in [-0.05, 0) is 79.1 Å². The maximum atomic E-state index is 12.8. The third-order valence-electron chi connectivity index (χ3n) is 6.08. The first kappa shape index (κ1) is 24.3. The number of amides is 1. The van der Waals surface area contributed by atoms with Gasteiger partial charge in [0.2, 0.25) is 10.0 Å². The third-order valence-corrected chi connectivity index (χ3v) is 7.93. The topological polar surface area (TPSA) is 75.7 Å². The zero-order chi connectivity index (χ0) is 23.5. The van der Waals surface area contributed by atoms with Crippen LogP contribution < -0.4 is 10.1 Å². The van der Waals surface area contributed by atoms with E-state index in [0.717, 1.165) is 35.3 Å². The van der Waals surface area contributed by atoms with E-state index in [2.05, 4.69) is 25.2 Å². The molecule has 1 aliphatic rings. The SMILES string of the molecule is COc1cc(C)c(C(C)NC(=O)c2ccc(CS(=O)(=O)N3CCCC3)cc2)cc1C(C)C. The Labute approximate surface area is 192 Å². The Bertz CT molecular complexity index is 1060. The molecule has 0 aromatic heterocycles. The average Bonchev–Trinajstić information content (AvgIpc) is 3.29. The molecule has 1 saturated heterocycles. The molecule has 3 rings (SSSR count). The lowest BCUT2D eigenvalue weighted by atomic mass is 9.93. The number of aryl methyl sites for hydroxylation is 1. The number of methoxy groups -OCH3 is 1. The molecule has 0 bridgehead atoms. The number of hydrogen-bond donors (Lipinski definition) is 1. The van der Waals surface area contributed by atoms with Gasteiger partial charge in [-0.25, -0.2) is 12.7 Å². The van der Waals surface area contributed by atoms with Gasteiger partial charge in [0.1, 0.15) is 5.75 Å². The largest absolute Gasteiger partial charge is 0.496 e. The van der Waals surface area contributed by atoms with Crippen molar-refractivity contribution in [3.63, 3.8) is 0 Å². The maximum Gasteiger partial charge on any atom is 0.251 e. The Balaban J connectivity index is 1.70. The minimum absolute atomic E-state index is 0.0334. The Hall–Kier alpha value is -2.38. The zero-order valence-electron chi connectivity index (χ0n) is 19.6. The van der Waals surface area contributed by atoms with Gasteiger partial charge >= 0.3 is 0 Å². The van der Waals surface area contributed by atoms with E-state index in [0.29, 0.717) is 30.1 Å². The third kappa shape index (κ3) is 5.51. The number of nitrogens with zero attached hydrogens (tertiary/aromatic N) is 1. The molecule has 6 nitrogen and oxygen atoms in total. The predicted octanol–water partition coefficient (Wildman–Crippen LogP) is 4.54. The highest BCUT2D eigenvalue weighted by atomic mass is 32.2. The van der Waals surface area contributed by atoms with Crippen molar-refractivity contribution in [2.45, 2.75) is 58.2 Å². The van der Waals surface area contributed by atoms with Crippen molar-refractivity contribution >= 4 is 15.9 Å². The standard InChI is InChI=1S/C25H34N2O4S/c1-17(2)22-15-23(18(3)14-24(22)31-5)19(4)26-25(28)21-10-8-20(9-11-21)16-32(29,30)27-12-6-7-13-27/h8-11,14-15,17,19H,6-7,12-13,16H2,1-5H3,(H,26,28). The van der Waals surface area contributed by atoms with Crippen molar-refractivity contribution in [1.82, 2.24) is 9.62 Å². The summed E-state index contributed by atoms with van der Waals surface area (Å²) in [5.74, 6) is 0.942. The molecule has 1 atom stereocenters. The van der Waals surface area contributed by atoms with Crippen LogP contribution in [0.3, 0.4) is 0 Å². The minimum atomic E-state index is -3.30. The molecule has 2 aromatic carbocycles. The van der Waals surface area contributed by atoms with Gasteiger partial charge in [-0.3, -0.25) is 4.79 Å². The van der Waals surface area contributed by atoms with Crippen molar-refractivity contribution in [2.75, 3.05) is 20.2 Å². The van der Waals surface area contributed by atoms with Crippen LogP contribution in [0, 0.1) is 6.92 Å². The Morgan fingerprint density at radius 1 is 1.06 bits per heavy atom. The summed E-state index contributed by atoms with van der Waals surface area (Å²) in [5, 5.41) is 3.06.